The molecule has 100 valence electrons. The van der Waals surface area contributed by atoms with E-state index in [2.05, 4.69) is 4.74 Å². The highest BCUT2D eigenvalue weighted by molar-refractivity contribution is 6.00. The van der Waals surface area contributed by atoms with Crippen molar-refractivity contribution in [3.63, 3.8) is 0 Å². The van der Waals surface area contributed by atoms with E-state index in [9.17, 15) is 14.7 Å². The predicted molar refractivity (Wildman–Crippen MR) is 71.2 cm³/mol. The molecule has 0 radical (unpaired) electrons. The minimum absolute atomic E-state index is 0. The normalized spacial score (nSPS) is 9.74. The van der Waals surface area contributed by atoms with Crippen molar-refractivity contribution in [3.05, 3.63) is 41.5 Å². The van der Waals surface area contributed by atoms with Gasteiger partial charge in [0.15, 0.2) is 0 Å². The van der Waals surface area contributed by atoms with Gasteiger partial charge in [-0.1, -0.05) is 6.07 Å². The quantitative estimate of drug-likeness (QED) is 0.827. The molecule has 0 aliphatic heterocycles. The number of aromatic hydroxyl groups is 1. The highest BCUT2D eigenvalue weighted by Gasteiger charge is 2.12. The first-order chi connectivity index (χ1) is 8.52. The molecule has 0 saturated carbocycles. The highest BCUT2D eigenvalue weighted by atomic mass is 35.5. The molecule has 0 amide bonds. The third-order valence-electron chi connectivity index (χ3n) is 2.61. The summed E-state index contributed by atoms with van der Waals surface area (Å²) in [5, 5.41) is 19.6. The molecule has 2 aromatic rings. The lowest BCUT2D eigenvalue weighted by Gasteiger charge is -2.05. The molecule has 2 N–H and O–H groups in total. The molecule has 19 heavy (non-hydrogen) atoms. The zero-order chi connectivity index (χ0) is 13.3. The SMILES string of the molecule is COC(=O)c1ccc2cc(O)c(C(=O)O)cc2c1.Cl. The van der Waals surface area contributed by atoms with E-state index in [-0.39, 0.29) is 23.7 Å². The molecule has 0 fully saturated rings. The van der Waals surface area contributed by atoms with Gasteiger partial charge in [-0.05, 0) is 35.0 Å². The Bertz CT molecular complexity index is 651. The van der Waals surface area contributed by atoms with Gasteiger partial charge < -0.3 is 14.9 Å². The molecule has 2 aromatic carbocycles. The summed E-state index contributed by atoms with van der Waals surface area (Å²) in [6, 6.07) is 7.35. The smallest absolute Gasteiger partial charge is 0.339 e. The summed E-state index contributed by atoms with van der Waals surface area (Å²) in [6.45, 7) is 0. The van der Waals surface area contributed by atoms with Gasteiger partial charge in [-0.15, -0.1) is 12.4 Å². The minimum Gasteiger partial charge on any atom is -0.507 e. The summed E-state index contributed by atoms with van der Waals surface area (Å²) < 4.78 is 4.58. The number of methoxy groups -OCH3 is 1. The zero-order valence-corrected chi connectivity index (χ0v) is 10.7. The van der Waals surface area contributed by atoms with Crippen LogP contribution in [0, 0.1) is 0 Å². The number of esters is 1. The fourth-order valence-electron chi connectivity index (χ4n) is 1.70. The Balaban J connectivity index is 0.00000180. The van der Waals surface area contributed by atoms with Gasteiger partial charge in [0.1, 0.15) is 11.3 Å². The summed E-state index contributed by atoms with van der Waals surface area (Å²) in [5.74, 6) is -2.03. The second-order valence-corrected chi connectivity index (χ2v) is 3.73. The van der Waals surface area contributed by atoms with E-state index in [0.717, 1.165) is 0 Å². The van der Waals surface area contributed by atoms with Crippen LogP contribution in [0.15, 0.2) is 30.3 Å². The number of ether oxygens (including phenoxy) is 1. The Morgan fingerprint density at radius 3 is 2.37 bits per heavy atom. The molecule has 6 heteroatoms. The van der Waals surface area contributed by atoms with Crippen LogP contribution in [0.3, 0.4) is 0 Å². The molecule has 0 bridgehead atoms. The van der Waals surface area contributed by atoms with E-state index in [1.54, 1.807) is 12.1 Å². The number of hydrogen-bond donors (Lipinski definition) is 2. The van der Waals surface area contributed by atoms with Gasteiger partial charge >= 0.3 is 11.9 Å². The summed E-state index contributed by atoms with van der Waals surface area (Å²) in [5.41, 5.74) is 0.122. The maximum Gasteiger partial charge on any atom is 0.339 e. The maximum absolute atomic E-state index is 11.4. The van der Waals surface area contributed by atoms with Crippen LogP contribution in [0.25, 0.3) is 10.8 Å². The molecule has 5 nitrogen and oxygen atoms in total. The monoisotopic (exact) mass is 282 g/mol. The third kappa shape index (κ3) is 2.77. The van der Waals surface area contributed by atoms with Gasteiger partial charge in [-0.25, -0.2) is 9.59 Å². The Kier molecular flexibility index (Phi) is 4.34. The van der Waals surface area contributed by atoms with E-state index >= 15 is 0 Å². The van der Waals surface area contributed by atoms with Gasteiger partial charge in [0.05, 0.1) is 12.7 Å². The lowest BCUT2D eigenvalue weighted by atomic mass is 10.0. The minimum atomic E-state index is -1.22. The second-order valence-electron chi connectivity index (χ2n) is 3.73. The van der Waals surface area contributed by atoms with Crippen LogP contribution in [0.5, 0.6) is 5.75 Å². The molecular weight excluding hydrogens is 272 g/mol. The largest absolute Gasteiger partial charge is 0.507 e. The molecule has 0 aliphatic rings. The molecule has 0 saturated heterocycles. The van der Waals surface area contributed by atoms with Crippen molar-refractivity contribution >= 4 is 35.1 Å². The van der Waals surface area contributed by atoms with Gasteiger partial charge in [0.25, 0.3) is 0 Å². The Labute approximate surface area is 114 Å². The Morgan fingerprint density at radius 1 is 1.11 bits per heavy atom. The summed E-state index contributed by atoms with van der Waals surface area (Å²) in [6.07, 6.45) is 0. The number of carbonyl (C=O) groups excluding carboxylic acids is 1. The molecule has 0 unspecified atom stereocenters. The number of aromatic carboxylic acids is 1. The van der Waals surface area contributed by atoms with Crippen LogP contribution < -0.4 is 0 Å². The number of fused-ring (bicyclic) bond motifs is 1. The van der Waals surface area contributed by atoms with Crippen molar-refractivity contribution in [1.29, 1.82) is 0 Å². The maximum atomic E-state index is 11.4. The lowest BCUT2D eigenvalue weighted by Crippen LogP contribution is -2.01. The van der Waals surface area contributed by atoms with Crippen LogP contribution in [0.4, 0.5) is 0 Å². The zero-order valence-electron chi connectivity index (χ0n) is 9.91. The highest BCUT2D eigenvalue weighted by Crippen LogP contribution is 2.26. The molecule has 0 atom stereocenters. The third-order valence-corrected chi connectivity index (χ3v) is 2.61. The first-order valence-electron chi connectivity index (χ1n) is 5.11. The van der Waals surface area contributed by atoms with Crippen LogP contribution in [-0.2, 0) is 4.74 Å². The van der Waals surface area contributed by atoms with Crippen molar-refractivity contribution in [1.82, 2.24) is 0 Å². The summed E-state index contributed by atoms with van der Waals surface area (Å²) in [7, 11) is 1.27. The molecule has 0 spiro atoms. The van der Waals surface area contributed by atoms with Crippen LogP contribution >= 0.6 is 12.4 Å². The Morgan fingerprint density at radius 2 is 1.79 bits per heavy atom. The van der Waals surface area contributed by atoms with Gasteiger partial charge in [0.2, 0.25) is 0 Å². The molecular formula is C13H11ClO5. The molecule has 0 heterocycles. The Hall–Kier alpha value is -2.27. The van der Waals surface area contributed by atoms with E-state index in [0.29, 0.717) is 16.3 Å². The van der Waals surface area contributed by atoms with Crippen LogP contribution in [-0.4, -0.2) is 29.3 Å². The first-order valence-corrected chi connectivity index (χ1v) is 5.11. The van der Waals surface area contributed by atoms with E-state index in [1.807, 2.05) is 0 Å². The molecule has 0 aromatic heterocycles. The van der Waals surface area contributed by atoms with Gasteiger partial charge in [-0.3, -0.25) is 0 Å². The summed E-state index contributed by atoms with van der Waals surface area (Å²) >= 11 is 0. The number of carboxylic acids is 1. The average Bonchev–Trinajstić information content (AvgIpc) is 2.36. The number of phenols is 1. The van der Waals surface area contributed by atoms with Crippen molar-refractivity contribution in [2.45, 2.75) is 0 Å². The predicted octanol–water partition coefficient (Wildman–Crippen LogP) is 2.45. The van der Waals surface area contributed by atoms with E-state index in [1.165, 1.54) is 25.3 Å². The first kappa shape index (κ1) is 14.8. The molecule has 0 aliphatic carbocycles. The van der Waals surface area contributed by atoms with Gasteiger partial charge in [-0.2, -0.15) is 0 Å². The van der Waals surface area contributed by atoms with E-state index < -0.39 is 11.9 Å². The van der Waals surface area contributed by atoms with Crippen molar-refractivity contribution in [3.8, 4) is 5.75 Å². The number of halogens is 1. The average molecular weight is 283 g/mol. The number of carboxylic acid groups (broad SMARTS) is 1. The number of hydrogen-bond acceptors (Lipinski definition) is 4. The number of carbonyl (C=O) groups is 2. The standard InChI is InChI=1S/C13H10O5.ClH/c1-18-13(17)8-3-2-7-6-11(14)10(12(15)16)5-9(7)4-8;/h2-6,14H,1H3,(H,15,16);1H. The topological polar surface area (TPSA) is 83.8 Å². The second kappa shape index (κ2) is 5.58. The van der Waals surface area contributed by atoms with Crippen molar-refractivity contribution in [2.75, 3.05) is 7.11 Å². The summed E-state index contributed by atoms with van der Waals surface area (Å²) in [4.78, 5) is 22.2. The van der Waals surface area contributed by atoms with Crippen LogP contribution in [0.1, 0.15) is 20.7 Å². The van der Waals surface area contributed by atoms with Gasteiger partial charge in [0, 0.05) is 0 Å². The number of rotatable bonds is 2. The fourth-order valence-corrected chi connectivity index (χ4v) is 1.70. The fraction of sp³-hybridized carbons (Fsp3) is 0.0769. The van der Waals surface area contributed by atoms with Crippen molar-refractivity contribution in [2.24, 2.45) is 0 Å². The van der Waals surface area contributed by atoms with Crippen LogP contribution in [0.2, 0.25) is 0 Å². The van der Waals surface area contributed by atoms with E-state index in [4.69, 9.17) is 5.11 Å². The molecule has 2 rings (SSSR count). The van der Waals surface area contributed by atoms with Crippen molar-refractivity contribution < 1.29 is 24.5 Å². The number of benzene rings is 2. The lowest BCUT2D eigenvalue weighted by molar-refractivity contribution is 0.0600.